The zero-order valence-corrected chi connectivity index (χ0v) is 8.69. The average molecular weight is 232 g/mol. The summed E-state index contributed by atoms with van der Waals surface area (Å²) < 4.78 is 0. The van der Waals surface area contributed by atoms with Crippen molar-refractivity contribution in [3.8, 4) is 0 Å². The molecule has 0 fully saturated rings. The van der Waals surface area contributed by atoms with Gasteiger partial charge in [0.25, 0.3) is 0 Å². The molecule has 0 heterocycles. The van der Waals surface area contributed by atoms with E-state index in [4.69, 9.17) is 31.9 Å². The number of carboxylic acids is 2. The number of hydrogen-bond acceptors (Lipinski definition) is 6. The van der Waals surface area contributed by atoms with E-state index in [9.17, 15) is 9.59 Å². The first-order chi connectivity index (χ1) is 7.63. The Labute approximate surface area is 93.3 Å². The van der Waals surface area contributed by atoms with E-state index in [1.54, 1.807) is 0 Å². The normalized spacial score (nSPS) is 5.75. The fourth-order valence-corrected chi connectivity index (χ4v) is 0.143. The summed E-state index contributed by atoms with van der Waals surface area (Å²) >= 11 is 0. The smallest absolute Gasteiger partial charge is 0.328 e. The number of rotatable bonds is 2. The van der Waals surface area contributed by atoms with E-state index in [-0.39, 0.29) is 0 Å². The second-order valence-electron chi connectivity index (χ2n) is 1.01. The second-order valence-corrected chi connectivity index (χ2v) is 1.01. The third-order valence-corrected chi connectivity index (χ3v) is 0.368. The standard InChI is InChI=1S/C4H4O4.4CH3N/c5-3(6)1-2-4(7)8;4*1-2/h1-2H,(H,5,6)(H,7,8);4*2H,1H2/b2-1-;;;;. The molecule has 0 amide bonds. The molecule has 0 aliphatic carbocycles. The van der Waals surface area contributed by atoms with E-state index in [2.05, 4.69) is 26.9 Å². The Hall–Kier alpha value is -2.64. The van der Waals surface area contributed by atoms with Crippen molar-refractivity contribution in [2.45, 2.75) is 0 Å². The van der Waals surface area contributed by atoms with Crippen molar-refractivity contribution >= 4 is 38.8 Å². The van der Waals surface area contributed by atoms with Gasteiger partial charge >= 0.3 is 11.9 Å². The third kappa shape index (κ3) is 219. The Morgan fingerprint density at radius 1 is 0.688 bits per heavy atom. The van der Waals surface area contributed by atoms with E-state index in [0.717, 1.165) is 0 Å². The number of carbonyl (C=O) groups is 2. The Bertz CT molecular complexity index is 172. The molecule has 6 N–H and O–H groups in total. The lowest BCUT2D eigenvalue weighted by Gasteiger charge is -1.74. The van der Waals surface area contributed by atoms with E-state index >= 15 is 0 Å². The van der Waals surface area contributed by atoms with Crippen LogP contribution in [0.25, 0.3) is 0 Å². The van der Waals surface area contributed by atoms with Crippen LogP contribution in [0.2, 0.25) is 0 Å². The molecule has 0 rings (SSSR count). The Kier molecular flexibility index (Phi) is 101. The zero-order chi connectivity index (χ0) is 14.6. The molecule has 0 spiro atoms. The summed E-state index contributed by atoms with van der Waals surface area (Å²) in [6.07, 6.45) is 1.12. The highest BCUT2D eigenvalue weighted by Crippen LogP contribution is 1.70. The first kappa shape index (κ1) is 29.2. The summed E-state index contributed by atoms with van der Waals surface area (Å²) in [4.78, 5) is 19.1. The molecule has 0 aromatic rings. The summed E-state index contributed by atoms with van der Waals surface area (Å²) in [6.45, 7) is 10.0. The minimum absolute atomic E-state index is 0.558. The average Bonchev–Trinajstić information content (AvgIpc) is 2.36. The topological polar surface area (TPSA) is 170 Å². The molecule has 0 saturated heterocycles. The molecule has 0 aromatic heterocycles. The highest BCUT2D eigenvalue weighted by atomic mass is 16.4. The van der Waals surface area contributed by atoms with Crippen molar-refractivity contribution < 1.29 is 19.8 Å². The second kappa shape index (κ2) is 55.5. The van der Waals surface area contributed by atoms with Gasteiger partial charge in [0.1, 0.15) is 0 Å². The number of aliphatic carboxylic acids is 2. The van der Waals surface area contributed by atoms with Crippen LogP contribution in [0.5, 0.6) is 0 Å². The molecule has 0 aromatic carbocycles. The largest absolute Gasteiger partial charge is 0.478 e. The van der Waals surface area contributed by atoms with E-state index < -0.39 is 11.9 Å². The van der Waals surface area contributed by atoms with E-state index in [0.29, 0.717) is 12.2 Å². The summed E-state index contributed by atoms with van der Waals surface area (Å²) in [7, 11) is 0. The number of nitrogens with one attached hydrogen (secondary N) is 4. The molecule has 0 unspecified atom stereocenters. The highest BCUT2D eigenvalue weighted by molar-refractivity contribution is 5.89. The van der Waals surface area contributed by atoms with E-state index in [1.165, 1.54) is 0 Å². The van der Waals surface area contributed by atoms with Crippen LogP contribution in [0, 0.1) is 21.6 Å². The van der Waals surface area contributed by atoms with Gasteiger partial charge in [-0.25, -0.2) is 9.59 Å². The van der Waals surface area contributed by atoms with Gasteiger partial charge in [-0.05, 0) is 26.9 Å². The molecule has 0 atom stereocenters. The highest BCUT2D eigenvalue weighted by Gasteiger charge is 1.88. The van der Waals surface area contributed by atoms with Crippen LogP contribution < -0.4 is 0 Å². The third-order valence-electron chi connectivity index (χ3n) is 0.368. The molecule has 0 bridgehead atoms. The van der Waals surface area contributed by atoms with Crippen LogP contribution in [0.3, 0.4) is 0 Å². The van der Waals surface area contributed by atoms with Crippen LogP contribution in [0.4, 0.5) is 0 Å². The van der Waals surface area contributed by atoms with E-state index in [1.807, 2.05) is 0 Å². The molecule has 8 nitrogen and oxygen atoms in total. The van der Waals surface area contributed by atoms with Crippen molar-refractivity contribution in [3.05, 3.63) is 12.2 Å². The summed E-state index contributed by atoms with van der Waals surface area (Å²) in [5, 5.41) is 37.6. The summed E-state index contributed by atoms with van der Waals surface area (Å²) in [6, 6.07) is 0. The molecular weight excluding hydrogens is 216 g/mol. The maximum atomic E-state index is 9.55. The Morgan fingerprint density at radius 2 is 0.812 bits per heavy atom. The molecule has 0 radical (unpaired) electrons. The molecular formula is C8H16N4O4. The van der Waals surface area contributed by atoms with Gasteiger partial charge in [0.15, 0.2) is 0 Å². The minimum atomic E-state index is -1.26. The lowest BCUT2D eigenvalue weighted by atomic mass is 10.5. The van der Waals surface area contributed by atoms with Crippen LogP contribution in [0.1, 0.15) is 0 Å². The fourth-order valence-electron chi connectivity index (χ4n) is 0.143. The molecule has 16 heavy (non-hydrogen) atoms. The first-order valence-electron chi connectivity index (χ1n) is 3.18. The van der Waals surface area contributed by atoms with Crippen molar-refractivity contribution in [1.29, 1.82) is 21.6 Å². The maximum Gasteiger partial charge on any atom is 0.328 e. The van der Waals surface area contributed by atoms with Crippen molar-refractivity contribution in [3.63, 3.8) is 0 Å². The quantitative estimate of drug-likeness (QED) is 0.305. The van der Waals surface area contributed by atoms with Gasteiger partial charge in [-0.1, -0.05) is 0 Å². The zero-order valence-electron chi connectivity index (χ0n) is 8.69. The van der Waals surface area contributed by atoms with Gasteiger partial charge in [-0.15, -0.1) is 0 Å². The molecule has 0 aliphatic heterocycles. The number of hydrogen-bond donors (Lipinski definition) is 6. The van der Waals surface area contributed by atoms with Crippen LogP contribution >= 0.6 is 0 Å². The van der Waals surface area contributed by atoms with Gasteiger partial charge in [0.05, 0.1) is 0 Å². The van der Waals surface area contributed by atoms with Crippen LogP contribution in [-0.2, 0) is 9.59 Å². The van der Waals surface area contributed by atoms with Gasteiger partial charge in [0.2, 0.25) is 0 Å². The first-order valence-corrected chi connectivity index (χ1v) is 3.18. The summed E-state index contributed by atoms with van der Waals surface area (Å²) in [5.41, 5.74) is 0. The van der Waals surface area contributed by atoms with Crippen molar-refractivity contribution in [1.82, 2.24) is 0 Å². The van der Waals surface area contributed by atoms with Gasteiger partial charge in [-0.2, -0.15) is 0 Å². The van der Waals surface area contributed by atoms with Gasteiger partial charge < -0.3 is 31.9 Å². The SMILES string of the molecule is C=N.C=N.C=N.C=N.O=C(O)/C=C\C(=O)O. The predicted molar refractivity (Wildman–Crippen MR) is 63.8 cm³/mol. The van der Waals surface area contributed by atoms with Gasteiger partial charge in [0, 0.05) is 12.2 Å². The fraction of sp³-hybridized carbons (Fsp3) is 0. The molecule has 92 valence electrons. The van der Waals surface area contributed by atoms with Crippen molar-refractivity contribution in [2.75, 3.05) is 0 Å². The van der Waals surface area contributed by atoms with Crippen LogP contribution in [0.15, 0.2) is 12.2 Å². The Balaban J connectivity index is -0.0000000426. The van der Waals surface area contributed by atoms with Crippen molar-refractivity contribution in [2.24, 2.45) is 0 Å². The Morgan fingerprint density at radius 3 is 0.875 bits per heavy atom. The predicted octanol–water partition coefficient (Wildman–Crippen LogP) is 0.775. The summed E-state index contributed by atoms with van der Waals surface area (Å²) in [5.74, 6) is -2.51. The lowest BCUT2D eigenvalue weighted by Crippen LogP contribution is -1.91. The minimum Gasteiger partial charge on any atom is -0.478 e. The molecule has 0 saturated carbocycles. The maximum absolute atomic E-state index is 9.55. The monoisotopic (exact) mass is 232 g/mol. The molecule has 8 heteroatoms. The van der Waals surface area contributed by atoms with Crippen LogP contribution in [-0.4, -0.2) is 49.0 Å². The van der Waals surface area contributed by atoms with Gasteiger partial charge in [-0.3, -0.25) is 0 Å². The molecule has 0 aliphatic rings. The number of carboxylic acid groups (broad SMARTS) is 2. The lowest BCUT2D eigenvalue weighted by molar-refractivity contribution is -0.134.